The summed E-state index contributed by atoms with van der Waals surface area (Å²) < 4.78 is 0. The molecule has 20 heteroatoms. The van der Waals surface area contributed by atoms with Crippen LogP contribution in [0.5, 0.6) is 0 Å². The second kappa shape index (κ2) is 46.7. The molecule has 0 saturated heterocycles. The first-order valence-corrected chi connectivity index (χ1v) is 6.81. The molecule has 0 heterocycles. The Morgan fingerprint density at radius 1 is 0.344 bits per heavy atom. The molecule has 0 bridgehead atoms. The van der Waals surface area contributed by atoms with Crippen molar-refractivity contribution in [3.63, 3.8) is 0 Å². The van der Waals surface area contributed by atoms with Gasteiger partial charge in [0.05, 0.1) is 0 Å². The number of carbonyl (C=O) groups is 6. The summed E-state index contributed by atoms with van der Waals surface area (Å²) >= 11 is 0. The predicted molar refractivity (Wildman–Crippen MR) is 101 cm³/mol. The summed E-state index contributed by atoms with van der Waals surface area (Å²) in [6.45, 7) is -3.17. The molecule has 12 N–H and O–H groups in total. The zero-order valence-electron chi connectivity index (χ0n) is 16.0. The summed E-state index contributed by atoms with van der Waals surface area (Å²) in [6, 6.07) is 0. The molecule has 0 aromatic carbocycles. The largest absolute Gasteiger partial charge is 3.00 e. The van der Waals surface area contributed by atoms with Crippen LogP contribution in [-0.2, 0) is 62.3 Å². The first kappa shape index (κ1) is 51.9. The normalized spacial score (nSPS) is 6.94. The Bertz CT molecular complexity index is 377. The average Bonchev–Trinajstić information content (AvgIpc) is 2.69. The van der Waals surface area contributed by atoms with E-state index in [2.05, 4.69) is 0 Å². The van der Waals surface area contributed by atoms with E-state index in [0.29, 0.717) is 0 Å². The molecule has 0 unspecified atom stereocenters. The van der Waals surface area contributed by atoms with Gasteiger partial charge in [-0.3, -0.25) is 28.8 Å². The van der Waals surface area contributed by atoms with Gasteiger partial charge in [-0.25, -0.2) is 0 Å². The van der Waals surface area contributed by atoms with Crippen LogP contribution in [0.15, 0.2) is 0 Å². The summed E-state index contributed by atoms with van der Waals surface area (Å²) in [4.78, 5) is 55.1. The van der Waals surface area contributed by atoms with Crippen molar-refractivity contribution in [1.29, 1.82) is 0 Å². The quantitative estimate of drug-likeness (QED) is 0.261. The molecule has 32 heavy (non-hydrogen) atoms. The molecule has 0 spiro atoms. The SMILES string of the molecule is [Co+3].[Co+3].[NH-]CC(=O)O.[NH-]CC(=O)O.[NH-]CC(=O)O.[NH-]CC(=O)O.[NH-]CC(=O)O.[NH-]CC(=O)O. The maximum atomic E-state index is 9.18. The Balaban J connectivity index is -0.0000000356. The van der Waals surface area contributed by atoms with Crippen molar-refractivity contribution < 1.29 is 93.0 Å². The van der Waals surface area contributed by atoms with E-state index in [0.717, 1.165) is 0 Å². The van der Waals surface area contributed by atoms with Gasteiger partial charge >= 0.3 is 33.6 Å². The van der Waals surface area contributed by atoms with Gasteiger partial charge in [0.25, 0.3) is 35.8 Å². The third-order valence-corrected chi connectivity index (χ3v) is 0.907. The van der Waals surface area contributed by atoms with Gasteiger partial charge in [-0.2, -0.15) is 0 Å². The Morgan fingerprint density at radius 3 is 0.375 bits per heavy atom. The van der Waals surface area contributed by atoms with E-state index in [1.54, 1.807) is 0 Å². The first-order valence-electron chi connectivity index (χ1n) is 6.81. The van der Waals surface area contributed by atoms with Crippen LogP contribution in [0, 0.1) is 0 Å². The minimum atomic E-state index is -1.08. The van der Waals surface area contributed by atoms with Crippen LogP contribution in [-0.4, -0.2) is 106 Å². The molecule has 0 radical (unpaired) electrons. The summed E-state index contributed by atoms with van der Waals surface area (Å²) in [5.41, 5.74) is 36.3. The van der Waals surface area contributed by atoms with Gasteiger partial charge < -0.3 is 65.0 Å². The third kappa shape index (κ3) is 212. The maximum Gasteiger partial charge on any atom is 3.00 e. The molecule has 0 aromatic rings. The Labute approximate surface area is 202 Å². The summed E-state index contributed by atoms with van der Waals surface area (Å²) in [6.07, 6.45) is 0. The van der Waals surface area contributed by atoms with E-state index in [-0.39, 0.29) is 33.6 Å². The number of rotatable bonds is 6. The molecule has 0 atom stereocenters. The number of aliphatic carboxylic acids is 6. The zero-order valence-corrected chi connectivity index (χ0v) is 18.1. The first-order chi connectivity index (χ1) is 13.6. The van der Waals surface area contributed by atoms with Crippen LogP contribution < -0.4 is 0 Å². The fourth-order valence-corrected chi connectivity index (χ4v) is 0. The van der Waals surface area contributed by atoms with E-state index in [1.807, 2.05) is 0 Å². The second-order valence-corrected chi connectivity index (χ2v) is 3.42. The van der Waals surface area contributed by atoms with Crippen LogP contribution in [0.4, 0.5) is 0 Å². The predicted octanol–water partition coefficient (Wildman–Crippen LogP) is 0.734. The van der Waals surface area contributed by atoms with Gasteiger partial charge in [-0.05, 0) is 0 Å². The molecular weight excluding hydrogens is 538 g/mol. The fraction of sp³-hybridized carbons (Fsp3) is 0.500. The minimum Gasteiger partial charge on any atom is -0.668 e. The van der Waals surface area contributed by atoms with Gasteiger partial charge in [-0.15, -0.1) is 0 Å². The molecular formula is C12H24Co2N6O12. The van der Waals surface area contributed by atoms with Crippen molar-refractivity contribution in [2.45, 2.75) is 0 Å². The van der Waals surface area contributed by atoms with Gasteiger partial charge in [0.2, 0.25) is 0 Å². The van der Waals surface area contributed by atoms with Crippen molar-refractivity contribution in [1.82, 2.24) is 0 Å². The molecule has 0 saturated carbocycles. The standard InChI is InChI=1S/6C2H4NO2.2Co/c6*3-1-2(4)5;;/h6*3H,1H2,(H,4,5);;/q6*-1;2*+3. The molecule has 192 valence electrons. The number of hydrogen-bond donors (Lipinski definition) is 6. The van der Waals surface area contributed by atoms with Crippen LogP contribution in [0.1, 0.15) is 0 Å². The number of carboxylic acid groups (broad SMARTS) is 6. The molecule has 0 amide bonds. The third-order valence-electron chi connectivity index (χ3n) is 0.907. The fourth-order valence-electron chi connectivity index (χ4n) is 0. The van der Waals surface area contributed by atoms with Crippen molar-refractivity contribution >= 4 is 35.8 Å². The minimum absolute atomic E-state index is 0. The van der Waals surface area contributed by atoms with E-state index in [9.17, 15) is 28.8 Å². The van der Waals surface area contributed by atoms with E-state index < -0.39 is 75.1 Å². The summed E-state index contributed by atoms with van der Waals surface area (Å²) in [5.74, 6) is -6.47. The van der Waals surface area contributed by atoms with Crippen LogP contribution >= 0.6 is 0 Å². The smallest absolute Gasteiger partial charge is 0.668 e. The topological polar surface area (TPSA) is 367 Å². The molecule has 0 rings (SSSR count). The average molecular weight is 562 g/mol. The zero-order chi connectivity index (χ0) is 25.7. The van der Waals surface area contributed by atoms with E-state index in [1.165, 1.54) is 0 Å². The summed E-state index contributed by atoms with van der Waals surface area (Å²) in [7, 11) is 0. The van der Waals surface area contributed by atoms with Crippen molar-refractivity contribution in [2.75, 3.05) is 39.3 Å². The monoisotopic (exact) mass is 562 g/mol. The second-order valence-electron chi connectivity index (χ2n) is 3.42. The van der Waals surface area contributed by atoms with Crippen molar-refractivity contribution in [3.8, 4) is 0 Å². The van der Waals surface area contributed by atoms with Crippen LogP contribution in [0.2, 0.25) is 0 Å². The summed E-state index contributed by atoms with van der Waals surface area (Å²) in [5, 5.41) is 45.2. The molecule has 0 aromatic heterocycles. The number of nitrogens with one attached hydrogen (secondary N) is 6. The Morgan fingerprint density at radius 2 is 0.375 bits per heavy atom. The van der Waals surface area contributed by atoms with Crippen molar-refractivity contribution in [2.24, 2.45) is 0 Å². The van der Waals surface area contributed by atoms with E-state index >= 15 is 0 Å². The van der Waals surface area contributed by atoms with Gasteiger partial charge in [0, 0.05) is 0 Å². The maximum absolute atomic E-state index is 9.18. The van der Waals surface area contributed by atoms with Gasteiger partial charge in [0.1, 0.15) is 0 Å². The number of hydrogen-bond acceptors (Lipinski definition) is 6. The van der Waals surface area contributed by atoms with Gasteiger partial charge in [-0.1, -0.05) is 39.3 Å². The van der Waals surface area contributed by atoms with E-state index in [4.69, 9.17) is 65.0 Å². The molecule has 0 aliphatic carbocycles. The molecule has 0 aliphatic heterocycles. The molecule has 18 nitrogen and oxygen atoms in total. The van der Waals surface area contributed by atoms with Crippen molar-refractivity contribution in [3.05, 3.63) is 34.4 Å². The molecule has 0 fully saturated rings. The Kier molecular flexibility index (Phi) is 75.7. The van der Waals surface area contributed by atoms with Gasteiger partial charge in [0.15, 0.2) is 0 Å². The number of carboxylic acids is 6. The molecule has 0 aliphatic rings. The Hall–Kier alpha value is -2.41. The van der Waals surface area contributed by atoms with Crippen LogP contribution in [0.3, 0.4) is 0 Å². The van der Waals surface area contributed by atoms with Crippen LogP contribution in [0.25, 0.3) is 34.4 Å².